The van der Waals surface area contributed by atoms with Crippen LogP contribution in [0.4, 0.5) is 11.6 Å². The normalized spacial score (nSPS) is 20.7. The number of piperazine rings is 1. The van der Waals surface area contributed by atoms with Gasteiger partial charge in [-0.15, -0.1) is 0 Å². The van der Waals surface area contributed by atoms with Gasteiger partial charge in [0.1, 0.15) is 11.7 Å². The topological polar surface area (TPSA) is 177 Å². The van der Waals surface area contributed by atoms with Crippen molar-refractivity contribution in [1.82, 2.24) is 43.1 Å². The lowest BCUT2D eigenvalue weighted by Gasteiger charge is -2.38. The number of nitrogens with zero attached hydrogens (tertiary/aromatic N) is 8. The molecule has 2 amide bonds. The smallest absolute Gasteiger partial charge is 0.324 e. The second-order valence-electron chi connectivity index (χ2n) is 16.9. The van der Waals surface area contributed by atoms with Crippen molar-refractivity contribution < 1.29 is 18.0 Å². The zero-order chi connectivity index (χ0) is 41.7. The second kappa shape index (κ2) is 16.3. The number of hydrogen-bond donors (Lipinski definition) is 2. The van der Waals surface area contributed by atoms with Crippen LogP contribution < -0.4 is 21.9 Å². The largest absolute Gasteiger partial charge is 0.329 e. The molecule has 3 saturated heterocycles. The molecule has 3 aliphatic heterocycles. The van der Waals surface area contributed by atoms with E-state index in [9.17, 15) is 27.6 Å². The summed E-state index contributed by atoms with van der Waals surface area (Å²) in [7, 11) is -1.95. The fraction of sp³-hybridized carbons (Fsp3) is 0.488. The first-order valence-corrected chi connectivity index (χ1v) is 22.6. The number of hydrogen-bond acceptors (Lipinski definition) is 11. The van der Waals surface area contributed by atoms with E-state index in [2.05, 4.69) is 25.4 Å². The SMILES string of the molecule is Cc1cc(S(=O)(=O)N2CCC(CN3CCN(Cc4cccc5c4n(C)c(=O)n5C4CCC(=O)NC4=O)CC3)CC2)ccc1Nc1ncc2ccc(=O)n(C3CCCC3)c2n1. The van der Waals surface area contributed by atoms with Crippen molar-refractivity contribution in [3.8, 4) is 0 Å². The van der Waals surface area contributed by atoms with E-state index in [-0.39, 0.29) is 34.5 Å². The Morgan fingerprint density at radius 3 is 2.33 bits per heavy atom. The van der Waals surface area contributed by atoms with Crippen LogP contribution in [0.25, 0.3) is 22.1 Å². The average molecular weight is 837 g/mol. The van der Waals surface area contributed by atoms with Gasteiger partial charge < -0.3 is 10.2 Å². The highest BCUT2D eigenvalue weighted by atomic mass is 32.2. The first-order chi connectivity index (χ1) is 28.9. The third kappa shape index (κ3) is 7.67. The number of fused-ring (bicyclic) bond motifs is 2. The standard InChI is InChI=1S/C43H52N10O6S/c1-28-24-33(11-12-34(28)45-42-44-25-30-10-15-38(55)52(40(30)47-42)32-7-3-4-8-32)60(58,59)51-18-16-29(17-19-51)26-49-20-22-50(23-21-49)27-31-6-5-9-35-39(31)48(2)43(57)53(35)36-13-14-37(54)46-41(36)56/h5-6,9-12,15,24-25,29,32,36H,3-4,7-8,13-14,16-23,26-27H2,1-2H3,(H,44,45,47)(H,46,54,56). The Labute approximate surface area is 348 Å². The number of benzene rings is 2. The summed E-state index contributed by atoms with van der Waals surface area (Å²) in [6, 6.07) is 13.7. The summed E-state index contributed by atoms with van der Waals surface area (Å²) >= 11 is 0. The lowest BCUT2D eigenvalue weighted by Crippen LogP contribution is -2.48. The van der Waals surface area contributed by atoms with Crippen LogP contribution in [0.2, 0.25) is 0 Å². The summed E-state index contributed by atoms with van der Waals surface area (Å²) in [5, 5.41) is 6.44. The van der Waals surface area contributed by atoms with Gasteiger partial charge in [-0.05, 0) is 86.4 Å². The Balaban J connectivity index is 0.785. The van der Waals surface area contributed by atoms with Gasteiger partial charge in [0.15, 0.2) is 0 Å². The van der Waals surface area contributed by atoms with E-state index < -0.39 is 22.0 Å². The monoisotopic (exact) mass is 836 g/mol. The van der Waals surface area contributed by atoms with E-state index in [1.807, 2.05) is 25.1 Å². The summed E-state index contributed by atoms with van der Waals surface area (Å²) in [6.07, 6.45) is 7.91. The van der Waals surface area contributed by atoms with Crippen molar-refractivity contribution in [3.05, 3.63) is 86.7 Å². The summed E-state index contributed by atoms with van der Waals surface area (Å²) in [4.78, 5) is 65.1. The fourth-order valence-electron chi connectivity index (χ4n) is 9.77. The fourth-order valence-corrected chi connectivity index (χ4v) is 11.3. The number of imide groups is 1. The van der Waals surface area contributed by atoms with Crippen LogP contribution in [0.1, 0.15) is 74.6 Å². The Morgan fingerprint density at radius 2 is 1.60 bits per heavy atom. The van der Waals surface area contributed by atoms with Crippen molar-refractivity contribution in [2.24, 2.45) is 13.0 Å². The summed E-state index contributed by atoms with van der Waals surface area (Å²) in [5.41, 5.74) is 4.26. The van der Waals surface area contributed by atoms with Gasteiger partial charge in [-0.3, -0.25) is 38.3 Å². The number of aromatic nitrogens is 5. The lowest BCUT2D eigenvalue weighted by molar-refractivity contribution is -0.135. The quantitative estimate of drug-likeness (QED) is 0.196. The minimum absolute atomic E-state index is 0.0617. The molecule has 3 aromatic heterocycles. The molecule has 6 heterocycles. The van der Waals surface area contributed by atoms with Crippen LogP contribution in [0.5, 0.6) is 0 Å². The number of rotatable bonds is 10. The minimum atomic E-state index is -3.69. The van der Waals surface area contributed by atoms with Crippen LogP contribution in [0.15, 0.2) is 69.2 Å². The Bertz CT molecular complexity index is 2700. The molecule has 16 nitrogen and oxygen atoms in total. The molecule has 1 saturated carbocycles. The second-order valence-corrected chi connectivity index (χ2v) is 18.9. The van der Waals surface area contributed by atoms with E-state index in [1.165, 1.54) is 4.57 Å². The molecule has 0 radical (unpaired) electrons. The Kier molecular flexibility index (Phi) is 10.9. The molecule has 4 aliphatic rings. The number of carbonyl (C=O) groups excluding carboxylic acids is 2. The number of aryl methyl sites for hydroxylation is 2. The molecule has 1 unspecified atom stereocenters. The molecule has 5 aromatic rings. The molecule has 0 bridgehead atoms. The number of carbonyl (C=O) groups is 2. The van der Waals surface area contributed by atoms with E-state index in [1.54, 1.807) is 57.0 Å². The lowest BCUT2D eigenvalue weighted by atomic mass is 9.97. The molecule has 316 valence electrons. The van der Waals surface area contributed by atoms with Crippen molar-refractivity contribution in [3.63, 3.8) is 0 Å². The first-order valence-electron chi connectivity index (χ1n) is 21.2. The number of nitrogens with one attached hydrogen (secondary N) is 2. The number of sulfonamides is 1. The van der Waals surface area contributed by atoms with Gasteiger partial charge in [0.25, 0.3) is 5.56 Å². The predicted octanol–water partition coefficient (Wildman–Crippen LogP) is 3.81. The summed E-state index contributed by atoms with van der Waals surface area (Å²) in [6.45, 7) is 7.94. The number of piperidine rings is 2. The van der Waals surface area contributed by atoms with Crippen LogP contribution in [0.3, 0.4) is 0 Å². The van der Waals surface area contributed by atoms with Gasteiger partial charge in [-0.2, -0.15) is 9.29 Å². The first kappa shape index (κ1) is 40.2. The number of anilines is 2. The molecule has 1 atom stereocenters. The molecular weight excluding hydrogens is 785 g/mol. The molecule has 17 heteroatoms. The molecule has 4 fully saturated rings. The maximum Gasteiger partial charge on any atom is 0.329 e. The van der Waals surface area contributed by atoms with Gasteiger partial charge in [-0.1, -0.05) is 25.0 Å². The number of pyridine rings is 1. The summed E-state index contributed by atoms with van der Waals surface area (Å²) < 4.78 is 34.2. The highest BCUT2D eigenvalue weighted by Gasteiger charge is 2.33. The predicted molar refractivity (Wildman–Crippen MR) is 228 cm³/mol. The number of imidazole rings is 1. The Morgan fingerprint density at radius 1 is 0.850 bits per heavy atom. The molecular formula is C43H52N10O6S. The zero-order valence-electron chi connectivity index (χ0n) is 34.2. The number of amides is 2. The Hall–Kier alpha value is -5.23. The molecule has 2 aromatic carbocycles. The van der Waals surface area contributed by atoms with Crippen molar-refractivity contribution >= 4 is 55.5 Å². The van der Waals surface area contributed by atoms with Crippen LogP contribution >= 0.6 is 0 Å². The van der Waals surface area contributed by atoms with Gasteiger partial charge in [-0.25, -0.2) is 18.2 Å². The zero-order valence-corrected chi connectivity index (χ0v) is 35.0. The van der Waals surface area contributed by atoms with Gasteiger partial charge in [0.05, 0.1) is 15.9 Å². The maximum absolute atomic E-state index is 13.8. The van der Waals surface area contributed by atoms with Gasteiger partial charge >= 0.3 is 5.69 Å². The van der Waals surface area contributed by atoms with Crippen molar-refractivity contribution in [2.75, 3.05) is 51.1 Å². The maximum atomic E-state index is 13.8. The van der Waals surface area contributed by atoms with Crippen LogP contribution in [-0.4, -0.2) is 104 Å². The molecule has 9 rings (SSSR count). The third-order valence-corrected chi connectivity index (χ3v) is 15.0. The highest BCUT2D eigenvalue weighted by Crippen LogP contribution is 2.32. The highest BCUT2D eigenvalue weighted by molar-refractivity contribution is 7.89. The van der Waals surface area contributed by atoms with E-state index in [0.29, 0.717) is 54.8 Å². The summed E-state index contributed by atoms with van der Waals surface area (Å²) in [5.74, 6) is 0.00583. The molecule has 2 N–H and O–H groups in total. The molecule has 1 aliphatic carbocycles. The molecule has 60 heavy (non-hydrogen) atoms. The van der Waals surface area contributed by atoms with E-state index in [4.69, 9.17) is 4.98 Å². The third-order valence-electron chi connectivity index (χ3n) is 13.1. The van der Waals surface area contributed by atoms with Gasteiger partial charge in [0, 0.05) is 95.2 Å². The van der Waals surface area contributed by atoms with Crippen LogP contribution in [-0.2, 0) is 33.2 Å². The minimum Gasteiger partial charge on any atom is -0.324 e. The average Bonchev–Trinajstić information content (AvgIpc) is 3.86. The van der Waals surface area contributed by atoms with Gasteiger partial charge in [0.2, 0.25) is 27.8 Å². The van der Waals surface area contributed by atoms with E-state index in [0.717, 1.165) is 93.3 Å². The van der Waals surface area contributed by atoms with Crippen LogP contribution in [0, 0.1) is 12.8 Å². The van der Waals surface area contributed by atoms with E-state index >= 15 is 0 Å². The number of para-hydroxylation sites is 1. The van der Waals surface area contributed by atoms with Crippen molar-refractivity contribution in [1.29, 1.82) is 0 Å². The molecule has 0 spiro atoms. The van der Waals surface area contributed by atoms with Crippen molar-refractivity contribution in [2.45, 2.75) is 81.8 Å².